The van der Waals surface area contributed by atoms with Crippen molar-refractivity contribution >= 4 is 43.9 Å². The first-order valence-corrected chi connectivity index (χ1v) is 8.97. The highest BCUT2D eigenvalue weighted by molar-refractivity contribution is 9.11. The Morgan fingerprint density at radius 2 is 1.70 bits per heavy atom. The van der Waals surface area contributed by atoms with Crippen LogP contribution in [0.2, 0.25) is 0 Å². The number of nitrogens with zero attached hydrogens (tertiary/aromatic N) is 2. The van der Waals surface area contributed by atoms with Crippen molar-refractivity contribution in [3.8, 4) is 11.5 Å². The van der Waals surface area contributed by atoms with E-state index >= 15 is 0 Å². The summed E-state index contributed by atoms with van der Waals surface area (Å²) < 4.78 is 7.98. The van der Waals surface area contributed by atoms with Crippen LogP contribution in [0.4, 0.5) is 5.69 Å². The van der Waals surface area contributed by atoms with Crippen molar-refractivity contribution in [2.75, 3.05) is 13.6 Å². The topological polar surface area (TPSA) is 24.8 Å². The van der Waals surface area contributed by atoms with Gasteiger partial charge in [-0.3, -0.25) is 0 Å². The second-order valence-electron chi connectivity index (χ2n) is 5.43. The molecule has 0 spiro atoms. The molecule has 5 heteroatoms. The van der Waals surface area contributed by atoms with Gasteiger partial charge in [-0.25, -0.2) is 4.99 Å². The van der Waals surface area contributed by atoms with Gasteiger partial charge in [0.05, 0.1) is 12.0 Å². The van der Waals surface area contributed by atoms with Gasteiger partial charge >= 0.3 is 0 Å². The first kappa shape index (κ1) is 18.0. The van der Waals surface area contributed by atoms with E-state index in [-0.39, 0.29) is 0 Å². The van der Waals surface area contributed by atoms with Crippen molar-refractivity contribution in [3.63, 3.8) is 0 Å². The standard InChI is InChI=1S/C18H20Br2N2O/c1-5-22(4)11-21-17-6-13(3)18(7-12(17)2)23-16-9-14(19)8-15(20)10-16/h6-11H,5H2,1-4H3/b21-11+. The molecule has 2 aromatic carbocycles. The summed E-state index contributed by atoms with van der Waals surface area (Å²) >= 11 is 6.96. The highest BCUT2D eigenvalue weighted by Gasteiger charge is 2.07. The van der Waals surface area contributed by atoms with Crippen LogP contribution in [-0.2, 0) is 0 Å². The van der Waals surface area contributed by atoms with Crippen LogP contribution in [0.15, 0.2) is 44.3 Å². The zero-order valence-corrected chi connectivity index (χ0v) is 16.9. The van der Waals surface area contributed by atoms with Crippen LogP contribution in [0.1, 0.15) is 18.1 Å². The van der Waals surface area contributed by atoms with E-state index in [4.69, 9.17) is 4.74 Å². The molecule has 0 heterocycles. The molecule has 0 amide bonds. The Bertz CT molecular complexity index is 709. The average molecular weight is 440 g/mol. The van der Waals surface area contributed by atoms with Crippen LogP contribution in [-0.4, -0.2) is 24.8 Å². The molecule has 0 aliphatic rings. The van der Waals surface area contributed by atoms with E-state index in [2.05, 4.69) is 49.8 Å². The second kappa shape index (κ2) is 7.97. The molecule has 2 rings (SSSR count). The van der Waals surface area contributed by atoms with Gasteiger partial charge in [-0.05, 0) is 62.2 Å². The Hall–Kier alpha value is -1.33. The number of aryl methyl sites for hydroxylation is 2. The number of rotatable bonds is 5. The lowest BCUT2D eigenvalue weighted by Gasteiger charge is -2.13. The van der Waals surface area contributed by atoms with Gasteiger partial charge in [-0.15, -0.1) is 0 Å². The van der Waals surface area contributed by atoms with Crippen LogP contribution in [0.3, 0.4) is 0 Å². The van der Waals surface area contributed by atoms with E-state index in [0.717, 1.165) is 43.8 Å². The molecule has 0 aliphatic carbocycles. The van der Waals surface area contributed by atoms with E-state index in [9.17, 15) is 0 Å². The van der Waals surface area contributed by atoms with Crippen molar-refractivity contribution in [2.24, 2.45) is 4.99 Å². The van der Waals surface area contributed by atoms with Crippen LogP contribution in [0.25, 0.3) is 0 Å². The SMILES string of the molecule is CCN(C)/C=N/c1cc(C)c(Oc2cc(Br)cc(Br)c2)cc1C. The van der Waals surface area contributed by atoms with Crippen molar-refractivity contribution in [1.82, 2.24) is 4.90 Å². The third kappa shape index (κ3) is 5.08. The van der Waals surface area contributed by atoms with Gasteiger partial charge in [0.1, 0.15) is 11.5 Å². The van der Waals surface area contributed by atoms with Crippen LogP contribution < -0.4 is 4.74 Å². The van der Waals surface area contributed by atoms with Gasteiger partial charge in [0, 0.05) is 22.5 Å². The minimum atomic E-state index is 0.788. The van der Waals surface area contributed by atoms with Crippen molar-refractivity contribution in [2.45, 2.75) is 20.8 Å². The smallest absolute Gasteiger partial charge is 0.130 e. The summed E-state index contributed by atoms with van der Waals surface area (Å²) in [5, 5.41) is 0. The van der Waals surface area contributed by atoms with Gasteiger partial charge < -0.3 is 9.64 Å². The number of benzene rings is 2. The van der Waals surface area contributed by atoms with Crippen molar-refractivity contribution < 1.29 is 4.74 Å². The molecule has 0 atom stereocenters. The normalized spacial score (nSPS) is 11.0. The molecule has 0 unspecified atom stereocenters. The lowest BCUT2D eigenvalue weighted by Crippen LogP contribution is -2.14. The largest absolute Gasteiger partial charge is 0.457 e. The molecule has 0 aromatic heterocycles. The molecule has 0 bridgehead atoms. The third-order valence-electron chi connectivity index (χ3n) is 3.45. The van der Waals surface area contributed by atoms with Gasteiger partial charge in [0.2, 0.25) is 0 Å². The van der Waals surface area contributed by atoms with E-state index in [1.54, 1.807) is 0 Å². The zero-order valence-electron chi connectivity index (χ0n) is 13.7. The molecule has 23 heavy (non-hydrogen) atoms. The Morgan fingerprint density at radius 1 is 1.04 bits per heavy atom. The Balaban J connectivity index is 2.27. The molecule has 3 nitrogen and oxygen atoms in total. The zero-order chi connectivity index (χ0) is 17.0. The van der Waals surface area contributed by atoms with Gasteiger partial charge in [-0.2, -0.15) is 0 Å². The van der Waals surface area contributed by atoms with Crippen LogP contribution in [0, 0.1) is 13.8 Å². The fourth-order valence-corrected chi connectivity index (χ4v) is 3.23. The highest BCUT2D eigenvalue weighted by atomic mass is 79.9. The Kier molecular flexibility index (Phi) is 6.25. The molecule has 0 radical (unpaired) electrons. The molecule has 122 valence electrons. The molecule has 0 saturated carbocycles. The van der Waals surface area contributed by atoms with Gasteiger partial charge in [0.15, 0.2) is 0 Å². The summed E-state index contributed by atoms with van der Waals surface area (Å²) in [5.74, 6) is 1.63. The minimum absolute atomic E-state index is 0.788. The van der Waals surface area contributed by atoms with Crippen molar-refractivity contribution in [1.29, 1.82) is 0 Å². The predicted octanol–water partition coefficient (Wildman–Crippen LogP) is 6.23. The minimum Gasteiger partial charge on any atom is -0.457 e. The molecule has 0 fully saturated rings. The summed E-state index contributed by atoms with van der Waals surface area (Å²) in [6.07, 6.45) is 1.85. The fraction of sp³-hybridized carbons (Fsp3) is 0.278. The second-order valence-corrected chi connectivity index (χ2v) is 7.26. The molecule has 0 aliphatic heterocycles. The summed E-state index contributed by atoms with van der Waals surface area (Å²) in [6.45, 7) is 7.10. The Morgan fingerprint density at radius 3 is 2.30 bits per heavy atom. The number of hydrogen-bond donors (Lipinski definition) is 0. The summed E-state index contributed by atoms with van der Waals surface area (Å²) in [6, 6.07) is 9.96. The highest BCUT2D eigenvalue weighted by Crippen LogP contribution is 2.33. The van der Waals surface area contributed by atoms with E-state index in [1.807, 2.05) is 56.4 Å². The molecular formula is C18H20Br2N2O. The predicted molar refractivity (Wildman–Crippen MR) is 104 cm³/mol. The first-order valence-electron chi connectivity index (χ1n) is 7.38. The van der Waals surface area contributed by atoms with Crippen LogP contribution in [0.5, 0.6) is 11.5 Å². The molecule has 2 aromatic rings. The quantitative estimate of drug-likeness (QED) is 0.407. The van der Waals surface area contributed by atoms with Crippen LogP contribution >= 0.6 is 31.9 Å². The van der Waals surface area contributed by atoms with E-state index in [0.29, 0.717) is 0 Å². The maximum atomic E-state index is 6.03. The summed E-state index contributed by atoms with van der Waals surface area (Å²) in [5.41, 5.74) is 3.10. The number of ether oxygens (including phenoxy) is 1. The molecule has 0 saturated heterocycles. The van der Waals surface area contributed by atoms with E-state index < -0.39 is 0 Å². The van der Waals surface area contributed by atoms with Gasteiger partial charge in [-0.1, -0.05) is 31.9 Å². The average Bonchev–Trinajstić information content (AvgIpc) is 2.47. The van der Waals surface area contributed by atoms with Crippen molar-refractivity contribution in [3.05, 3.63) is 50.4 Å². The Labute approximate surface area is 154 Å². The summed E-state index contributed by atoms with van der Waals surface area (Å²) in [7, 11) is 2.01. The lowest BCUT2D eigenvalue weighted by molar-refractivity contribution is 0.478. The maximum Gasteiger partial charge on any atom is 0.130 e. The number of hydrogen-bond acceptors (Lipinski definition) is 2. The third-order valence-corrected chi connectivity index (χ3v) is 4.37. The van der Waals surface area contributed by atoms with E-state index in [1.165, 1.54) is 0 Å². The first-order chi connectivity index (χ1) is 10.9. The fourth-order valence-electron chi connectivity index (χ4n) is 1.98. The number of aliphatic imine (C=N–C) groups is 1. The molecular weight excluding hydrogens is 420 g/mol. The van der Waals surface area contributed by atoms with Gasteiger partial charge in [0.25, 0.3) is 0 Å². The lowest BCUT2D eigenvalue weighted by atomic mass is 10.1. The molecule has 0 N–H and O–H groups in total. The number of halogens is 2. The monoisotopic (exact) mass is 438 g/mol. The maximum absolute atomic E-state index is 6.03. The summed E-state index contributed by atoms with van der Waals surface area (Å²) in [4.78, 5) is 6.58.